The zero-order valence-corrected chi connectivity index (χ0v) is 26.0. The maximum absolute atomic E-state index is 13.9. The molecule has 2 atom stereocenters. The van der Waals surface area contributed by atoms with Crippen LogP contribution >= 0.6 is 0 Å². The monoisotopic (exact) mass is 601 g/mol. The van der Waals surface area contributed by atoms with Crippen molar-refractivity contribution in [2.75, 3.05) is 54.4 Å². The van der Waals surface area contributed by atoms with Crippen LogP contribution in [0, 0.1) is 38.0 Å². The number of rotatable bonds is 6. The molecule has 0 spiro atoms. The first-order chi connectivity index (χ1) is 20.5. The first-order valence-electron chi connectivity index (χ1n) is 14.6. The number of hydrogen-bond donors (Lipinski definition) is 2. The third-order valence-electron chi connectivity index (χ3n) is 8.71. The Morgan fingerprint density at radius 1 is 1.02 bits per heavy atom. The van der Waals surface area contributed by atoms with Gasteiger partial charge >= 0.3 is 0 Å². The number of piperidine rings is 1. The van der Waals surface area contributed by atoms with Crippen LogP contribution in [0.25, 0.3) is 0 Å². The summed E-state index contributed by atoms with van der Waals surface area (Å²) in [5.74, 6) is 0.616. The van der Waals surface area contributed by atoms with Gasteiger partial charge in [0, 0.05) is 62.8 Å². The number of aromatic nitrogens is 1. The zero-order chi connectivity index (χ0) is 30.9. The SMILES string of the molecule is Cc1cc(C)c(C(=O)N2CCN(c3ncccc3S(N)(=O)=O)CC2)c(C)c1N[C@@H]1CCN(c2ccccc2C#N)C[C@@H]1C. The molecule has 2 aliphatic heterocycles. The summed E-state index contributed by atoms with van der Waals surface area (Å²) in [4.78, 5) is 24.2. The maximum atomic E-state index is 13.9. The fraction of sp³-hybridized carbons (Fsp3) is 0.406. The molecular weight excluding hydrogens is 562 g/mol. The number of anilines is 3. The molecule has 3 heterocycles. The normalized spacial score (nSPS) is 19.2. The summed E-state index contributed by atoms with van der Waals surface area (Å²) < 4.78 is 24.2. The molecule has 2 aliphatic rings. The van der Waals surface area contributed by atoms with Crippen molar-refractivity contribution in [3.63, 3.8) is 0 Å². The molecule has 0 unspecified atom stereocenters. The van der Waals surface area contributed by atoms with Gasteiger partial charge in [0.25, 0.3) is 5.91 Å². The summed E-state index contributed by atoms with van der Waals surface area (Å²) in [7, 11) is -3.92. The van der Waals surface area contributed by atoms with Crippen molar-refractivity contribution in [1.29, 1.82) is 5.26 Å². The van der Waals surface area contributed by atoms with Crippen molar-refractivity contribution in [3.05, 3.63) is 76.5 Å². The summed E-state index contributed by atoms with van der Waals surface area (Å²) in [6, 6.07) is 15.4. The Bertz CT molecular complexity index is 1680. The molecule has 2 aromatic carbocycles. The summed E-state index contributed by atoms with van der Waals surface area (Å²) in [6.45, 7) is 11.7. The number of primary sulfonamides is 1. The Labute approximate surface area is 254 Å². The molecule has 43 heavy (non-hydrogen) atoms. The van der Waals surface area contributed by atoms with Crippen LogP contribution in [0.2, 0.25) is 0 Å². The van der Waals surface area contributed by atoms with E-state index in [0.29, 0.717) is 49.0 Å². The van der Waals surface area contributed by atoms with Gasteiger partial charge in [0.2, 0.25) is 10.0 Å². The van der Waals surface area contributed by atoms with Crippen LogP contribution in [0.1, 0.15) is 46.0 Å². The lowest BCUT2D eigenvalue weighted by atomic mass is 9.90. The van der Waals surface area contributed by atoms with Gasteiger partial charge < -0.3 is 20.0 Å². The second-order valence-corrected chi connectivity index (χ2v) is 13.2. The van der Waals surface area contributed by atoms with E-state index >= 15 is 0 Å². The highest BCUT2D eigenvalue weighted by Gasteiger charge is 2.31. The minimum absolute atomic E-state index is 0.00921. The highest BCUT2D eigenvalue weighted by atomic mass is 32.2. The minimum Gasteiger partial charge on any atom is -0.381 e. The number of piperazine rings is 1. The lowest BCUT2D eigenvalue weighted by molar-refractivity contribution is 0.0745. The van der Waals surface area contributed by atoms with Crippen LogP contribution in [0.15, 0.2) is 53.6 Å². The molecule has 2 fully saturated rings. The summed E-state index contributed by atoms with van der Waals surface area (Å²) in [6.07, 6.45) is 2.46. The Morgan fingerprint density at radius 3 is 2.42 bits per heavy atom. The zero-order valence-electron chi connectivity index (χ0n) is 25.2. The number of para-hydroxylation sites is 1. The van der Waals surface area contributed by atoms with Crippen molar-refractivity contribution in [1.82, 2.24) is 9.88 Å². The number of nitrogens with two attached hydrogens (primary N) is 1. The number of nitrogens with zero attached hydrogens (tertiary/aromatic N) is 5. The van der Waals surface area contributed by atoms with E-state index in [1.54, 1.807) is 12.3 Å². The number of carbonyl (C=O) groups is 1. The number of nitriles is 1. The van der Waals surface area contributed by atoms with E-state index in [1.807, 2.05) is 47.9 Å². The van der Waals surface area contributed by atoms with Crippen LogP contribution in [-0.4, -0.2) is 69.5 Å². The first kappa shape index (κ1) is 30.3. The summed E-state index contributed by atoms with van der Waals surface area (Å²) in [5, 5.41) is 18.8. The molecule has 11 heteroatoms. The predicted octanol–water partition coefficient (Wildman–Crippen LogP) is 3.82. The molecule has 10 nitrogen and oxygen atoms in total. The number of nitrogens with one attached hydrogen (secondary N) is 1. The molecular formula is C32H39N7O3S. The highest BCUT2D eigenvalue weighted by Crippen LogP contribution is 2.33. The van der Waals surface area contributed by atoms with Crippen LogP contribution in [-0.2, 0) is 10.0 Å². The third kappa shape index (κ3) is 6.17. The molecule has 3 aromatic rings. The average molecular weight is 602 g/mol. The molecule has 0 aliphatic carbocycles. The minimum atomic E-state index is -3.92. The van der Waals surface area contributed by atoms with E-state index in [4.69, 9.17) is 5.14 Å². The number of sulfonamides is 1. The van der Waals surface area contributed by atoms with Crippen molar-refractivity contribution in [2.45, 2.75) is 45.1 Å². The van der Waals surface area contributed by atoms with Crippen LogP contribution in [0.5, 0.6) is 0 Å². The lowest BCUT2D eigenvalue weighted by Crippen LogP contribution is -2.49. The average Bonchev–Trinajstić information content (AvgIpc) is 2.99. The van der Waals surface area contributed by atoms with Gasteiger partial charge in [-0.05, 0) is 74.1 Å². The molecule has 2 saturated heterocycles. The Hall–Kier alpha value is -4.14. The second-order valence-electron chi connectivity index (χ2n) is 11.6. The number of amides is 1. The van der Waals surface area contributed by atoms with Gasteiger partial charge in [-0.15, -0.1) is 0 Å². The third-order valence-corrected chi connectivity index (χ3v) is 9.64. The van der Waals surface area contributed by atoms with Gasteiger partial charge in [0.1, 0.15) is 16.8 Å². The molecule has 0 radical (unpaired) electrons. The second kappa shape index (κ2) is 12.2. The Morgan fingerprint density at radius 2 is 1.74 bits per heavy atom. The summed E-state index contributed by atoms with van der Waals surface area (Å²) in [5.41, 5.74) is 6.36. The standard InChI is InChI=1S/C32H39N7O3S/c1-21-18-22(2)30(36-26-11-13-39(20-23(26)3)27-9-6-5-8-25(27)19-33)24(4)29(21)32(40)38-16-14-37(15-17-38)31-28(43(34,41)42)10-7-12-35-31/h5-10,12,18,23,26,36H,11,13-17,20H2,1-4H3,(H2,34,41,42)/t23-,26+/m0/s1. The van der Waals surface area contributed by atoms with E-state index in [0.717, 1.165) is 47.6 Å². The quantitative estimate of drug-likeness (QED) is 0.435. The molecule has 5 rings (SSSR count). The highest BCUT2D eigenvalue weighted by molar-refractivity contribution is 7.89. The van der Waals surface area contributed by atoms with Gasteiger partial charge in [0.05, 0.1) is 11.3 Å². The van der Waals surface area contributed by atoms with Gasteiger partial charge in [-0.25, -0.2) is 18.5 Å². The predicted molar refractivity (Wildman–Crippen MR) is 169 cm³/mol. The van der Waals surface area contributed by atoms with Crippen LogP contribution in [0.3, 0.4) is 0 Å². The number of hydrogen-bond acceptors (Lipinski definition) is 8. The molecule has 0 bridgehead atoms. The van der Waals surface area contributed by atoms with Crippen molar-refractivity contribution >= 4 is 33.1 Å². The van der Waals surface area contributed by atoms with Crippen LogP contribution in [0.4, 0.5) is 17.2 Å². The molecule has 226 valence electrons. The Kier molecular flexibility index (Phi) is 8.62. The van der Waals surface area contributed by atoms with Crippen molar-refractivity contribution < 1.29 is 13.2 Å². The molecule has 0 saturated carbocycles. The smallest absolute Gasteiger partial charge is 0.254 e. The fourth-order valence-corrected chi connectivity index (χ4v) is 7.17. The van der Waals surface area contributed by atoms with E-state index in [2.05, 4.69) is 41.2 Å². The number of benzene rings is 2. The largest absolute Gasteiger partial charge is 0.381 e. The van der Waals surface area contributed by atoms with Gasteiger partial charge in [-0.2, -0.15) is 5.26 Å². The molecule has 3 N–H and O–H groups in total. The Balaban J connectivity index is 1.30. The van der Waals surface area contributed by atoms with E-state index in [-0.39, 0.29) is 16.8 Å². The van der Waals surface area contributed by atoms with Gasteiger partial charge in [-0.1, -0.05) is 25.1 Å². The van der Waals surface area contributed by atoms with E-state index in [1.165, 1.54) is 6.07 Å². The van der Waals surface area contributed by atoms with Crippen molar-refractivity contribution in [3.8, 4) is 6.07 Å². The first-order valence-corrected chi connectivity index (χ1v) is 16.2. The maximum Gasteiger partial charge on any atom is 0.254 e. The molecule has 1 aromatic heterocycles. The molecule has 1 amide bonds. The number of pyridine rings is 1. The van der Waals surface area contributed by atoms with Gasteiger partial charge in [-0.3, -0.25) is 4.79 Å². The lowest BCUT2D eigenvalue weighted by Gasteiger charge is -2.40. The summed E-state index contributed by atoms with van der Waals surface area (Å²) >= 11 is 0. The topological polar surface area (TPSA) is 136 Å². The fourth-order valence-electron chi connectivity index (χ4n) is 6.47. The van der Waals surface area contributed by atoms with Crippen molar-refractivity contribution in [2.24, 2.45) is 11.1 Å². The number of aryl methyl sites for hydroxylation is 2. The van der Waals surface area contributed by atoms with E-state index < -0.39 is 10.0 Å². The van der Waals surface area contributed by atoms with E-state index in [9.17, 15) is 18.5 Å². The van der Waals surface area contributed by atoms with Gasteiger partial charge in [0.15, 0.2) is 0 Å². The number of carbonyl (C=O) groups excluding carboxylic acids is 1. The van der Waals surface area contributed by atoms with Crippen LogP contribution < -0.4 is 20.3 Å².